The number of rotatable bonds is 4. The van der Waals surface area contributed by atoms with Crippen molar-refractivity contribution >= 4 is 11.6 Å². The lowest BCUT2D eigenvalue weighted by Gasteiger charge is -2.24. The number of nitrogens with zero attached hydrogens (tertiary/aromatic N) is 1. The topological polar surface area (TPSA) is 41.6 Å². The van der Waals surface area contributed by atoms with Gasteiger partial charge in [-0.3, -0.25) is 4.79 Å². The van der Waals surface area contributed by atoms with E-state index in [1.165, 1.54) is 0 Å². The molecule has 0 aliphatic carbocycles. The molecule has 0 bridgehead atoms. The maximum absolute atomic E-state index is 12.9. The molecule has 4 nitrogen and oxygen atoms in total. The Kier molecular flexibility index (Phi) is 4.93. The average Bonchev–Trinajstić information content (AvgIpc) is 2.83. The third-order valence-electron chi connectivity index (χ3n) is 4.17. The first-order valence-corrected chi connectivity index (χ1v) is 8.04. The molecule has 120 valence electrons. The molecular formula is C19H22N2O2. The minimum absolute atomic E-state index is 0.0139. The van der Waals surface area contributed by atoms with Gasteiger partial charge in [0.2, 0.25) is 5.91 Å². The number of hydrogen-bond acceptors (Lipinski definition) is 3. The summed E-state index contributed by atoms with van der Waals surface area (Å²) in [5, 5.41) is 3.25. The van der Waals surface area contributed by atoms with Crippen molar-refractivity contribution in [2.45, 2.75) is 18.9 Å². The Labute approximate surface area is 137 Å². The second-order valence-electron chi connectivity index (χ2n) is 5.67. The van der Waals surface area contributed by atoms with Gasteiger partial charge in [0.1, 0.15) is 5.75 Å². The Morgan fingerprint density at radius 3 is 2.70 bits per heavy atom. The summed E-state index contributed by atoms with van der Waals surface area (Å²) < 4.78 is 5.74. The lowest BCUT2D eigenvalue weighted by Crippen LogP contribution is -2.34. The SMILES string of the molecule is CNC(CC(=O)N1CCCOc2ccccc21)c1ccccc1. The first-order chi connectivity index (χ1) is 11.3. The van der Waals surface area contributed by atoms with Crippen molar-refractivity contribution in [1.29, 1.82) is 0 Å². The van der Waals surface area contributed by atoms with Crippen LogP contribution in [0, 0.1) is 0 Å². The van der Waals surface area contributed by atoms with Gasteiger partial charge in [0.15, 0.2) is 0 Å². The van der Waals surface area contributed by atoms with Crippen LogP contribution in [-0.4, -0.2) is 26.1 Å². The molecule has 3 rings (SSSR count). The van der Waals surface area contributed by atoms with Crippen LogP contribution in [0.25, 0.3) is 0 Å². The van der Waals surface area contributed by atoms with E-state index in [9.17, 15) is 4.79 Å². The van der Waals surface area contributed by atoms with Gasteiger partial charge in [-0.15, -0.1) is 0 Å². The second-order valence-corrected chi connectivity index (χ2v) is 5.67. The maximum Gasteiger partial charge on any atom is 0.229 e. The standard InChI is InChI=1S/C19H22N2O2/c1-20-16(15-8-3-2-4-9-15)14-19(22)21-12-7-13-23-18-11-6-5-10-17(18)21/h2-6,8-11,16,20H,7,12-14H2,1H3. The highest BCUT2D eigenvalue weighted by Crippen LogP contribution is 2.31. The summed E-state index contributed by atoms with van der Waals surface area (Å²) in [5.74, 6) is 0.908. The second kappa shape index (κ2) is 7.29. The van der Waals surface area contributed by atoms with E-state index in [-0.39, 0.29) is 11.9 Å². The van der Waals surface area contributed by atoms with Gasteiger partial charge < -0.3 is 15.0 Å². The van der Waals surface area contributed by atoms with Gasteiger partial charge in [0.25, 0.3) is 0 Å². The average molecular weight is 310 g/mol. The van der Waals surface area contributed by atoms with E-state index in [1.54, 1.807) is 0 Å². The van der Waals surface area contributed by atoms with Crippen LogP contribution >= 0.6 is 0 Å². The molecule has 1 aliphatic heterocycles. The van der Waals surface area contributed by atoms with Crippen molar-refractivity contribution in [3.8, 4) is 5.75 Å². The molecule has 0 spiro atoms. The Bertz CT molecular complexity index is 657. The van der Waals surface area contributed by atoms with Gasteiger partial charge in [0.05, 0.1) is 12.3 Å². The number of para-hydroxylation sites is 2. The van der Waals surface area contributed by atoms with Crippen LogP contribution in [0.2, 0.25) is 0 Å². The van der Waals surface area contributed by atoms with Crippen molar-refractivity contribution in [2.75, 3.05) is 25.1 Å². The Morgan fingerprint density at radius 1 is 1.17 bits per heavy atom. The fraction of sp³-hybridized carbons (Fsp3) is 0.316. The van der Waals surface area contributed by atoms with E-state index in [0.717, 1.165) is 23.4 Å². The van der Waals surface area contributed by atoms with Crippen LogP contribution in [0.4, 0.5) is 5.69 Å². The van der Waals surface area contributed by atoms with Crippen molar-refractivity contribution < 1.29 is 9.53 Å². The molecule has 1 amide bonds. The number of hydrogen-bond donors (Lipinski definition) is 1. The minimum Gasteiger partial charge on any atom is -0.491 e. The molecule has 0 radical (unpaired) electrons. The van der Waals surface area contributed by atoms with E-state index in [4.69, 9.17) is 4.74 Å². The van der Waals surface area contributed by atoms with Gasteiger partial charge >= 0.3 is 0 Å². The number of benzene rings is 2. The highest BCUT2D eigenvalue weighted by Gasteiger charge is 2.24. The summed E-state index contributed by atoms with van der Waals surface area (Å²) in [6.07, 6.45) is 1.27. The predicted molar refractivity (Wildman–Crippen MR) is 91.8 cm³/mol. The van der Waals surface area contributed by atoms with Gasteiger partial charge in [0, 0.05) is 19.0 Å². The maximum atomic E-state index is 12.9. The number of carbonyl (C=O) groups is 1. The molecule has 4 heteroatoms. The smallest absolute Gasteiger partial charge is 0.229 e. The van der Waals surface area contributed by atoms with Gasteiger partial charge in [-0.05, 0) is 31.2 Å². The molecule has 23 heavy (non-hydrogen) atoms. The third-order valence-corrected chi connectivity index (χ3v) is 4.17. The van der Waals surface area contributed by atoms with E-state index in [0.29, 0.717) is 19.6 Å². The number of amides is 1. The first kappa shape index (κ1) is 15.6. The summed E-state index contributed by atoms with van der Waals surface area (Å²) in [7, 11) is 1.89. The van der Waals surface area contributed by atoms with Crippen molar-refractivity contribution in [3.63, 3.8) is 0 Å². The summed E-state index contributed by atoms with van der Waals surface area (Å²) in [6.45, 7) is 1.34. The summed E-state index contributed by atoms with van der Waals surface area (Å²) in [6, 6.07) is 17.9. The van der Waals surface area contributed by atoms with Crippen LogP contribution in [0.5, 0.6) is 5.75 Å². The van der Waals surface area contributed by atoms with Crippen molar-refractivity contribution in [2.24, 2.45) is 0 Å². The van der Waals surface area contributed by atoms with Crippen LogP contribution in [-0.2, 0) is 4.79 Å². The number of fused-ring (bicyclic) bond motifs is 1. The third kappa shape index (κ3) is 3.54. The minimum atomic E-state index is 0.0139. The summed E-state index contributed by atoms with van der Waals surface area (Å²) in [5.41, 5.74) is 2.00. The molecule has 1 aliphatic rings. The fourth-order valence-electron chi connectivity index (χ4n) is 2.94. The molecule has 1 heterocycles. The van der Waals surface area contributed by atoms with E-state index in [2.05, 4.69) is 5.32 Å². The van der Waals surface area contributed by atoms with Crippen LogP contribution in [0.1, 0.15) is 24.4 Å². The van der Waals surface area contributed by atoms with Gasteiger partial charge in [-0.2, -0.15) is 0 Å². The quantitative estimate of drug-likeness (QED) is 0.943. The first-order valence-electron chi connectivity index (χ1n) is 8.04. The number of anilines is 1. The van der Waals surface area contributed by atoms with Gasteiger partial charge in [-0.1, -0.05) is 42.5 Å². The van der Waals surface area contributed by atoms with E-state index < -0.39 is 0 Å². The lowest BCUT2D eigenvalue weighted by molar-refractivity contribution is -0.119. The highest BCUT2D eigenvalue weighted by molar-refractivity contribution is 5.95. The van der Waals surface area contributed by atoms with Crippen LogP contribution in [0.3, 0.4) is 0 Å². The normalized spacial score (nSPS) is 15.3. The molecule has 1 N–H and O–H groups in total. The molecule has 2 aromatic rings. The molecule has 0 aromatic heterocycles. The molecule has 1 unspecified atom stereocenters. The molecule has 0 fully saturated rings. The summed E-state index contributed by atoms with van der Waals surface area (Å²) >= 11 is 0. The molecular weight excluding hydrogens is 288 g/mol. The highest BCUT2D eigenvalue weighted by atomic mass is 16.5. The van der Waals surface area contributed by atoms with Crippen LogP contribution in [0.15, 0.2) is 54.6 Å². The van der Waals surface area contributed by atoms with Crippen LogP contribution < -0.4 is 15.0 Å². The predicted octanol–water partition coefficient (Wildman–Crippen LogP) is 3.15. The Morgan fingerprint density at radius 2 is 1.91 bits per heavy atom. The Balaban J connectivity index is 1.80. The van der Waals surface area contributed by atoms with Crippen molar-refractivity contribution in [3.05, 3.63) is 60.2 Å². The largest absolute Gasteiger partial charge is 0.491 e. The zero-order valence-electron chi connectivity index (χ0n) is 13.4. The number of ether oxygens (including phenoxy) is 1. The van der Waals surface area contributed by atoms with E-state index >= 15 is 0 Å². The molecule has 2 aromatic carbocycles. The summed E-state index contributed by atoms with van der Waals surface area (Å²) in [4.78, 5) is 14.7. The zero-order chi connectivity index (χ0) is 16.1. The van der Waals surface area contributed by atoms with Crippen molar-refractivity contribution in [1.82, 2.24) is 5.32 Å². The zero-order valence-corrected chi connectivity index (χ0v) is 13.4. The lowest BCUT2D eigenvalue weighted by atomic mass is 10.0. The molecule has 0 saturated heterocycles. The van der Waals surface area contributed by atoms with Gasteiger partial charge in [-0.25, -0.2) is 0 Å². The Hall–Kier alpha value is -2.33. The monoisotopic (exact) mass is 310 g/mol. The van der Waals surface area contributed by atoms with E-state index in [1.807, 2.05) is 66.5 Å². The fourth-order valence-corrected chi connectivity index (χ4v) is 2.94. The number of nitrogens with one attached hydrogen (secondary N) is 1. The molecule has 0 saturated carbocycles. The molecule has 1 atom stereocenters. The number of carbonyl (C=O) groups excluding carboxylic acids is 1.